The van der Waals surface area contributed by atoms with Gasteiger partial charge < -0.3 is 9.84 Å². The fourth-order valence-electron chi connectivity index (χ4n) is 3.05. The summed E-state index contributed by atoms with van der Waals surface area (Å²) in [6.07, 6.45) is 1.56. The molecule has 31 heavy (non-hydrogen) atoms. The van der Waals surface area contributed by atoms with Gasteiger partial charge in [-0.2, -0.15) is 5.26 Å². The minimum atomic E-state index is -2.26. The summed E-state index contributed by atoms with van der Waals surface area (Å²) in [4.78, 5) is 26.2. The Labute approximate surface area is 180 Å². The summed E-state index contributed by atoms with van der Waals surface area (Å²) in [5.74, 6) is -4.51. The van der Waals surface area contributed by atoms with Gasteiger partial charge in [0.05, 0.1) is 10.6 Å². The first-order valence-corrected chi connectivity index (χ1v) is 9.23. The minimum absolute atomic E-state index is 0.245. The highest BCUT2D eigenvalue weighted by Gasteiger charge is 2.44. The van der Waals surface area contributed by atoms with E-state index in [1.807, 2.05) is 0 Å². The second kappa shape index (κ2) is 8.53. The molecule has 3 aromatic rings. The molecule has 0 fully saturated rings. The SMILES string of the molecule is CN(C#N)C(=O)[C@@](C)(NC(=O)c1cc(-c2ccccc2Cl)no1)c1c(F)cccc1F. The summed E-state index contributed by atoms with van der Waals surface area (Å²) >= 11 is 6.11. The monoisotopic (exact) mass is 444 g/mol. The molecule has 0 aliphatic rings. The molecule has 158 valence electrons. The van der Waals surface area contributed by atoms with E-state index in [-0.39, 0.29) is 11.5 Å². The number of hydrogen-bond donors (Lipinski definition) is 1. The number of nitrogens with one attached hydrogen (secondary N) is 1. The molecule has 1 atom stereocenters. The average Bonchev–Trinajstić information content (AvgIpc) is 3.23. The van der Waals surface area contributed by atoms with Gasteiger partial charge in [0.25, 0.3) is 11.8 Å². The van der Waals surface area contributed by atoms with Crippen LogP contribution in [0.3, 0.4) is 0 Å². The summed E-state index contributed by atoms with van der Waals surface area (Å²) in [6.45, 7) is 1.09. The van der Waals surface area contributed by atoms with Crippen molar-refractivity contribution in [3.05, 3.63) is 76.5 Å². The second-order valence-electron chi connectivity index (χ2n) is 6.70. The lowest BCUT2D eigenvalue weighted by molar-refractivity contribution is -0.133. The van der Waals surface area contributed by atoms with Gasteiger partial charge in [-0.3, -0.25) is 9.59 Å². The number of halogens is 3. The Kier molecular flexibility index (Phi) is 6.04. The van der Waals surface area contributed by atoms with Gasteiger partial charge in [-0.1, -0.05) is 41.0 Å². The first-order valence-electron chi connectivity index (χ1n) is 8.85. The van der Waals surface area contributed by atoms with Crippen LogP contribution in [0.4, 0.5) is 8.78 Å². The van der Waals surface area contributed by atoms with Gasteiger partial charge in [0.2, 0.25) is 5.76 Å². The molecule has 2 aromatic carbocycles. The second-order valence-corrected chi connectivity index (χ2v) is 7.10. The molecule has 0 saturated carbocycles. The molecule has 1 N–H and O–H groups in total. The molecule has 0 unspecified atom stereocenters. The maximum Gasteiger partial charge on any atom is 0.291 e. The van der Waals surface area contributed by atoms with Crippen LogP contribution < -0.4 is 5.32 Å². The third-order valence-corrected chi connectivity index (χ3v) is 4.92. The van der Waals surface area contributed by atoms with Crippen LogP contribution in [0, 0.1) is 23.1 Å². The molecule has 0 radical (unpaired) electrons. The van der Waals surface area contributed by atoms with Crippen molar-refractivity contribution in [2.75, 3.05) is 7.05 Å². The van der Waals surface area contributed by atoms with Crippen LogP contribution in [0.15, 0.2) is 53.1 Å². The lowest BCUT2D eigenvalue weighted by Crippen LogP contribution is -2.54. The topological polar surface area (TPSA) is 99.2 Å². The van der Waals surface area contributed by atoms with E-state index in [0.29, 0.717) is 15.5 Å². The minimum Gasteiger partial charge on any atom is -0.350 e. The van der Waals surface area contributed by atoms with Crippen LogP contribution >= 0.6 is 11.6 Å². The first-order chi connectivity index (χ1) is 14.7. The van der Waals surface area contributed by atoms with Crippen molar-refractivity contribution in [1.29, 1.82) is 5.26 Å². The molecule has 0 aliphatic heterocycles. The van der Waals surface area contributed by atoms with Gasteiger partial charge in [0, 0.05) is 18.7 Å². The normalized spacial score (nSPS) is 12.5. The maximum atomic E-state index is 14.5. The molecule has 0 spiro atoms. The maximum absolute atomic E-state index is 14.5. The van der Waals surface area contributed by atoms with Crippen LogP contribution in [-0.2, 0) is 10.3 Å². The van der Waals surface area contributed by atoms with E-state index < -0.39 is 34.6 Å². The number of nitrogens with zero attached hydrogens (tertiary/aromatic N) is 3. The number of rotatable bonds is 5. The Balaban J connectivity index is 2.01. The molecule has 1 aromatic heterocycles. The number of carbonyl (C=O) groups excluding carboxylic acids is 2. The van der Waals surface area contributed by atoms with Crippen molar-refractivity contribution in [3.8, 4) is 17.5 Å². The van der Waals surface area contributed by atoms with Crippen LogP contribution in [0.5, 0.6) is 0 Å². The molecule has 0 saturated heterocycles. The van der Waals surface area contributed by atoms with Crippen LogP contribution in [-0.4, -0.2) is 28.9 Å². The zero-order valence-electron chi connectivity index (χ0n) is 16.3. The summed E-state index contributed by atoms with van der Waals surface area (Å²) in [5.41, 5.74) is -2.24. The molecular formula is C21H15ClF2N4O3. The van der Waals surface area contributed by atoms with Crippen LogP contribution in [0.2, 0.25) is 5.02 Å². The molecule has 7 nitrogen and oxygen atoms in total. The third kappa shape index (κ3) is 4.11. The smallest absolute Gasteiger partial charge is 0.291 e. The van der Waals surface area contributed by atoms with Crippen molar-refractivity contribution in [1.82, 2.24) is 15.4 Å². The lowest BCUT2D eigenvalue weighted by atomic mass is 9.89. The standard InChI is InChI=1S/C21H15ClF2N4O3/c1-21(20(30)28(2)11-25,18-14(23)8-5-9-15(18)24)26-19(29)17-10-16(27-31-17)12-6-3-4-7-13(12)22/h3-10H,1-2H3,(H,26,29)/t21-/m0/s1. The largest absolute Gasteiger partial charge is 0.350 e. The highest BCUT2D eigenvalue weighted by molar-refractivity contribution is 6.33. The van der Waals surface area contributed by atoms with E-state index >= 15 is 0 Å². The Morgan fingerprint density at radius 1 is 1.19 bits per heavy atom. The van der Waals surface area contributed by atoms with E-state index in [1.54, 1.807) is 30.5 Å². The summed E-state index contributed by atoms with van der Waals surface area (Å²) < 4.78 is 34.0. The molecular weight excluding hydrogens is 430 g/mol. The molecule has 1 heterocycles. The lowest BCUT2D eigenvalue weighted by Gasteiger charge is -2.31. The van der Waals surface area contributed by atoms with Gasteiger partial charge in [-0.05, 0) is 25.1 Å². The van der Waals surface area contributed by atoms with Crippen LogP contribution in [0.1, 0.15) is 23.0 Å². The highest BCUT2D eigenvalue weighted by Crippen LogP contribution is 2.30. The average molecular weight is 445 g/mol. The Morgan fingerprint density at radius 3 is 2.45 bits per heavy atom. The number of nitriles is 1. The number of amides is 2. The van der Waals surface area contributed by atoms with Crippen LogP contribution in [0.25, 0.3) is 11.3 Å². The van der Waals surface area contributed by atoms with Crippen molar-refractivity contribution >= 4 is 23.4 Å². The van der Waals surface area contributed by atoms with Gasteiger partial charge in [-0.15, -0.1) is 0 Å². The van der Waals surface area contributed by atoms with Gasteiger partial charge in [0.15, 0.2) is 6.19 Å². The third-order valence-electron chi connectivity index (χ3n) is 4.59. The number of likely N-dealkylation sites (N-methyl/N-ethyl adjacent to an activating group) is 1. The van der Waals surface area contributed by atoms with E-state index in [1.165, 1.54) is 6.07 Å². The number of carbonyl (C=O) groups is 2. The van der Waals surface area contributed by atoms with Crippen molar-refractivity contribution in [2.45, 2.75) is 12.5 Å². The molecule has 10 heteroatoms. The van der Waals surface area contributed by atoms with Gasteiger partial charge in [0.1, 0.15) is 22.9 Å². The summed E-state index contributed by atoms with van der Waals surface area (Å²) in [5, 5.41) is 15.5. The number of hydrogen-bond acceptors (Lipinski definition) is 5. The Morgan fingerprint density at radius 2 is 1.84 bits per heavy atom. The van der Waals surface area contributed by atoms with E-state index in [9.17, 15) is 18.4 Å². The van der Waals surface area contributed by atoms with Crippen molar-refractivity contribution in [2.24, 2.45) is 0 Å². The molecule has 0 aliphatic carbocycles. The highest BCUT2D eigenvalue weighted by atomic mass is 35.5. The van der Waals surface area contributed by atoms with Gasteiger partial charge >= 0.3 is 0 Å². The Hall–Kier alpha value is -3.77. The predicted molar refractivity (Wildman–Crippen MR) is 107 cm³/mol. The summed E-state index contributed by atoms with van der Waals surface area (Å²) in [6, 6.07) is 11.0. The quantitative estimate of drug-likeness (QED) is 0.476. The van der Waals surface area contributed by atoms with Crippen molar-refractivity contribution < 1.29 is 22.9 Å². The van der Waals surface area contributed by atoms with E-state index in [2.05, 4.69) is 10.5 Å². The zero-order valence-corrected chi connectivity index (χ0v) is 17.1. The molecule has 2 amide bonds. The summed E-state index contributed by atoms with van der Waals surface area (Å²) in [7, 11) is 1.11. The number of benzene rings is 2. The van der Waals surface area contributed by atoms with Gasteiger partial charge in [-0.25, -0.2) is 13.7 Å². The molecule has 3 rings (SSSR count). The van der Waals surface area contributed by atoms with Crippen molar-refractivity contribution in [3.63, 3.8) is 0 Å². The first kappa shape index (κ1) is 21.9. The zero-order chi connectivity index (χ0) is 22.8. The number of aromatic nitrogens is 1. The van der Waals surface area contributed by atoms with E-state index in [4.69, 9.17) is 21.4 Å². The molecule has 0 bridgehead atoms. The fourth-order valence-corrected chi connectivity index (χ4v) is 3.28. The van der Waals surface area contributed by atoms with E-state index in [0.717, 1.165) is 32.2 Å². The fraction of sp³-hybridized carbons (Fsp3) is 0.143. The predicted octanol–water partition coefficient (Wildman–Crippen LogP) is 3.86. The Bertz CT molecular complexity index is 1190.